The van der Waals surface area contributed by atoms with Gasteiger partial charge in [0.05, 0.1) is 12.0 Å². The summed E-state index contributed by atoms with van der Waals surface area (Å²) in [5.41, 5.74) is 0.438. The van der Waals surface area contributed by atoms with Crippen LogP contribution < -0.4 is 10.6 Å². The van der Waals surface area contributed by atoms with Crippen LogP contribution in [0.25, 0.3) is 0 Å². The largest absolute Gasteiger partial charge is 0.508 e. The van der Waals surface area contributed by atoms with Gasteiger partial charge < -0.3 is 15.7 Å². The van der Waals surface area contributed by atoms with Crippen LogP contribution in [0.1, 0.15) is 42.5 Å². The quantitative estimate of drug-likeness (QED) is 0.694. The van der Waals surface area contributed by atoms with E-state index in [-0.39, 0.29) is 42.5 Å². The average molecular weight is 329 g/mol. The Morgan fingerprint density at radius 1 is 1.17 bits per heavy atom. The molecular formula is C18H23N3O3. The Balaban J connectivity index is 1.98. The lowest BCUT2D eigenvalue weighted by Crippen LogP contribution is -2.43. The smallest absolute Gasteiger partial charge is 0.251 e. The normalized spacial score (nSPS) is 16.0. The van der Waals surface area contributed by atoms with Crippen LogP contribution in [-0.4, -0.2) is 30.0 Å². The zero-order valence-electron chi connectivity index (χ0n) is 13.6. The Kier molecular flexibility index (Phi) is 6.62. The van der Waals surface area contributed by atoms with Crippen molar-refractivity contribution >= 4 is 11.8 Å². The van der Waals surface area contributed by atoms with E-state index in [0.717, 1.165) is 25.7 Å². The van der Waals surface area contributed by atoms with Crippen LogP contribution in [0.4, 0.5) is 0 Å². The Morgan fingerprint density at radius 2 is 1.83 bits per heavy atom. The molecule has 3 N–H and O–H groups in total. The van der Waals surface area contributed by atoms with Gasteiger partial charge in [0.2, 0.25) is 5.91 Å². The SMILES string of the molecule is N#CCNC(=O)C(CNC(=O)c1ccc(O)cc1)C1CCCCC1. The van der Waals surface area contributed by atoms with Crippen LogP contribution in [0.15, 0.2) is 24.3 Å². The molecule has 128 valence electrons. The maximum atomic E-state index is 12.3. The third kappa shape index (κ3) is 4.98. The average Bonchev–Trinajstić information content (AvgIpc) is 2.61. The van der Waals surface area contributed by atoms with E-state index in [4.69, 9.17) is 5.26 Å². The number of phenolic OH excluding ortho intramolecular Hbond substituents is 1. The first kappa shape index (κ1) is 17.8. The van der Waals surface area contributed by atoms with Crippen LogP contribution in [0.2, 0.25) is 0 Å². The molecule has 0 aliphatic heterocycles. The number of phenols is 1. The number of carbonyl (C=O) groups excluding carboxylic acids is 2. The number of aromatic hydroxyl groups is 1. The van der Waals surface area contributed by atoms with E-state index < -0.39 is 0 Å². The Bertz CT molecular complexity index is 601. The molecular weight excluding hydrogens is 306 g/mol. The van der Waals surface area contributed by atoms with Crippen molar-refractivity contribution in [1.82, 2.24) is 10.6 Å². The van der Waals surface area contributed by atoms with Gasteiger partial charge in [0.15, 0.2) is 0 Å². The second kappa shape index (κ2) is 8.92. The maximum Gasteiger partial charge on any atom is 0.251 e. The molecule has 0 heterocycles. The summed E-state index contributed by atoms with van der Waals surface area (Å²) in [6.07, 6.45) is 5.32. The van der Waals surface area contributed by atoms with Crippen molar-refractivity contribution in [3.63, 3.8) is 0 Å². The lowest BCUT2D eigenvalue weighted by molar-refractivity contribution is -0.126. The van der Waals surface area contributed by atoms with Crippen LogP contribution in [0.3, 0.4) is 0 Å². The van der Waals surface area contributed by atoms with Crippen molar-refractivity contribution in [1.29, 1.82) is 5.26 Å². The highest BCUT2D eigenvalue weighted by Gasteiger charge is 2.29. The summed E-state index contributed by atoms with van der Waals surface area (Å²) in [5, 5.41) is 23.3. The molecule has 0 aromatic heterocycles. The van der Waals surface area contributed by atoms with Crippen molar-refractivity contribution in [2.45, 2.75) is 32.1 Å². The van der Waals surface area contributed by atoms with Crippen LogP contribution >= 0.6 is 0 Å². The topological polar surface area (TPSA) is 102 Å². The number of amides is 2. The minimum atomic E-state index is -0.320. The van der Waals surface area contributed by atoms with E-state index in [1.54, 1.807) is 0 Å². The third-order valence-corrected chi connectivity index (χ3v) is 4.51. The Labute approximate surface area is 141 Å². The number of benzene rings is 1. The van der Waals surface area contributed by atoms with Crippen molar-refractivity contribution in [2.75, 3.05) is 13.1 Å². The monoisotopic (exact) mass is 329 g/mol. The minimum absolute atomic E-state index is 0.0199. The van der Waals surface area contributed by atoms with Gasteiger partial charge in [-0.1, -0.05) is 19.3 Å². The number of rotatable bonds is 6. The summed E-state index contributed by atoms with van der Waals surface area (Å²) < 4.78 is 0. The molecule has 24 heavy (non-hydrogen) atoms. The molecule has 1 saturated carbocycles. The van der Waals surface area contributed by atoms with Crippen LogP contribution in [0.5, 0.6) is 5.75 Å². The fraction of sp³-hybridized carbons (Fsp3) is 0.500. The van der Waals surface area contributed by atoms with Crippen molar-refractivity contribution in [3.05, 3.63) is 29.8 Å². The third-order valence-electron chi connectivity index (χ3n) is 4.51. The van der Waals surface area contributed by atoms with E-state index >= 15 is 0 Å². The highest BCUT2D eigenvalue weighted by molar-refractivity contribution is 5.94. The summed E-state index contributed by atoms with van der Waals surface area (Å²) in [6.45, 7) is 0.232. The molecule has 1 fully saturated rings. The van der Waals surface area contributed by atoms with Gasteiger partial charge in [0, 0.05) is 12.1 Å². The molecule has 1 atom stereocenters. The molecule has 1 aliphatic carbocycles. The predicted octanol–water partition coefficient (Wildman–Crippen LogP) is 1.96. The molecule has 2 rings (SSSR count). The first-order valence-corrected chi connectivity index (χ1v) is 8.33. The van der Waals surface area contributed by atoms with E-state index in [9.17, 15) is 14.7 Å². The summed E-state index contributed by atoms with van der Waals surface area (Å²) in [7, 11) is 0. The zero-order chi connectivity index (χ0) is 17.4. The predicted molar refractivity (Wildman–Crippen MR) is 89.1 cm³/mol. The fourth-order valence-electron chi connectivity index (χ4n) is 3.19. The zero-order valence-corrected chi connectivity index (χ0v) is 13.6. The molecule has 6 nitrogen and oxygen atoms in total. The Morgan fingerprint density at radius 3 is 2.46 bits per heavy atom. The minimum Gasteiger partial charge on any atom is -0.508 e. The van der Waals surface area contributed by atoms with Crippen LogP contribution in [0, 0.1) is 23.2 Å². The summed E-state index contributed by atoms with van der Waals surface area (Å²) >= 11 is 0. The lowest BCUT2D eigenvalue weighted by atomic mass is 9.79. The standard InChI is InChI=1S/C18H23N3O3/c19-10-11-20-18(24)16(13-4-2-1-3-5-13)12-21-17(23)14-6-8-15(22)9-7-14/h6-9,13,16,22H,1-5,11-12H2,(H,20,24)(H,21,23). The molecule has 1 aromatic rings. The number of nitrogens with zero attached hydrogens (tertiary/aromatic N) is 1. The number of hydrogen-bond donors (Lipinski definition) is 3. The molecule has 0 saturated heterocycles. The van der Waals surface area contributed by atoms with E-state index in [2.05, 4.69) is 10.6 Å². The first-order chi connectivity index (χ1) is 11.6. The summed E-state index contributed by atoms with van der Waals surface area (Å²) in [6, 6.07) is 7.89. The summed E-state index contributed by atoms with van der Waals surface area (Å²) in [4.78, 5) is 24.6. The van der Waals surface area contributed by atoms with Gasteiger partial charge in [-0.2, -0.15) is 5.26 Å². The number of hydrogen-bond acceptors (Lipinski definition) is 4. The molecule has 6 heteroatoms. The van der Waals surface area contributed by atoms with Gasteiger partial charge in [-0.15, -0.1) is 0 Å². The number of nitrogens with one attached hydrogen (secondary N) is 2. The number of carbonyl (C=O) groups is 2. The molecule has 1 unspecified atom stereocenters. The van der Waals surface area contributed by atoms with Crippen LogP contribution in [-0.2, 0) is 4.79 Å². The molecule has 0 spiro atoms. The van der Waals surface area contributed by atoms with Gasteiger partial charge in [-0.3, -0.25) is 9.59 Å². The second-order valence-electron chi connectivity index (χ2n) is 6.14. The lowest BCUT2D eigenvalue weighted by Gasteiger charge is -2.29. The van der Waals surface area contributed by atoms with Gasteiger partial charge in [0.1, 0.15) is 12.3 Å². The molecule has 0 bridgehead atoms. The maximum absolute atomic E-state index is 12.3. The highest BCUT2D eigenvalue weighted by Crippen LogP contribution is 2.30. The van der Waals surface area contributed by atoms with Crippen molar-refractivity contribution in [2.24, 2.45) is 11.8 Å². The van der Waals surface area contributed by atoms with Gasteiger partial charge in [0.25, 0.3) is 5.91 Å². The first-order valence-electron chi connectivity index (χ1n) is 8.33. The van der Waals surface area contributed by atoms with Gasteiger partial charge in [-0.25, -0.2) is 0 Å². The summed E-state index contributed by atoms with van der Waals surface area (Å²) in [5.74, 6) is -0.432. The molecule has 0 radical (unpaired) electrons. The van der Waals surface area contributed by atoms with E-state index in [0.29, 0.717) is 5.56 Å². The highest BCUT2D eigenvalue weighted by atomic mass is 16.3. The van der Waals surface area contributed by atoms with Gasteiger partial charge >= 0.3 is 0 Å². The fourth-order valence-corrected chi connectivity index (χ4v) is 3.19. The second-order valence-corrected chi connectivity index (χ2v) is 6.14. The molecule has 1 aliphatic rings. The van der Waals surface area contributed by atoms with E-state index in [1.807, 2.05) is 6.07 Å². The Hall–Kier alpha value is -2.55. The van der Waals surface area contributed by atoms with Gasteiger partial charge in [-0.05, 0) is 43.0 Å². The molecule has 1 aromatic carbocycles. The van der Waals surface area contributed by atoms with Crippen molar-refractivity contribution < 1.29 is 14.7 Å². The molecule has 2 amide bonds. The van der Waals surface area contributed by atoms with Crippen molar-refractivity contribution in [3.8, 4) is 11.8 Å². The number of nitriles is 1. The van der Waals surface area contributed by atoms with E-state index in [1.165, 1.54) is 30.7 Å².